The number of halogens is 1. The first-order valence-corrected chi connectivity index (χ1v) is 6.98. The van der Waals surface area contributed by atoms with Crippen LogP contribution in [0.25, 0.3) is 0 Å². The molecule has 0 spiro atoms. The van der Waals surface area contributed by atoms with Gasteiger partial charge in [-0.3, -0.25) is 4.79 Å². The minimum atomic E-state index is -0.657. The molecule has 118 valence electrons. The number of nitrogens with one attached hydrogen (secondary N) is 1. The molecule has 0 saturated heterocycles. The van der Waals surface area contributed by atoms with Gasteiger partial charge in [0, 0.05) is 18.0 Å². The lowest BCUT2D eigenvalue weighted by Gasteiger charge is -2.07. The molecular formula is C15H11ClN2O5. The van der Waals surface area contributed by atoms with E-state index in [0.717, 1.165) is 0 Å². The van der Waals surface area contributed by atoms with Crippen molar-refractivity contribution in [3.8, 4) is 11.5 Å². The van der Waals surface area contributed by atoms with Gasteiger partial charge in [0.25, 0.3) is 5.91 Å². The summed E-state index contributed by atoms with van der Waals surface area (Å²) in [4.78, 5) is 27.4. The molecule has 2 heterocycles. The topological polar surface area (TPSA) is 86.8 Å². The maximum absolute atomic E-state index is 11.8. The fourth-order valence-electron chi connectivity index (χ4n) is 1.92. The summed E-state index contributed by atoms with van der Waals surface area (Å²) >= 11 is 5.69. The highest BCUT2D eigenvalue weighted by Crippen LogP contribution is 2.34. The van der Waals surface area contributed by atoms with Gasteiger partial charge in [-0.05, 0) is 24.3 Å². The van der Waals surface area contributed by atoms with Crippen LogP contribution < -0.4 is 14.8 Å². The Morgan fingerprint density at radius 1 is 1.22 bits per heavy atom. The highest BCUT2D eigenvalue weighted by molar-refractivity contribution is 6.29. The van der Waals surface area contributed by atoms with Crippen molar-refractivity contribution < 1.29 is 23.8 Å². The van der Waals surface area contributed by atoms with Crippen LogP contribution in [0.4, 0.5) is 5.69 Å². The quantitative estimate of drug-likeness (QED) is 0.681. The van der Waals surface area contributed by atoms with E-state index in [2.05, 4.69) is 10.3 Å². The third-order valence-electron chi connectivity index (χ3n) is 2.95. The van der Waals surface area contributed by atoms with Gasteiger partial charge in [-0.25, -0.2) is 9.78 Å². The van der Waals surface area contributed by atoms with Crippen LogP contribution in [0.15, 0.2) is 36.5 Å². The van der Waals surface area contributed by atoms with Crippen molar-refractivity contribution in [3.63, 3.8) is 0 Å². The third kappa shape index (κ3) is 3.70. The van der Waals surface area contributed by atoms with Crippen LogP contribution in [0.1, 0.15) is 10.4 Å². The summed E-state index contributed by atoms with van der Waals surface area (Å²) in [5.41, 5.74) is 0.739. The molecule has 0 aliphatic carbocycles. The Morgan fingerprint density at radius 2 is 2.04 bits per heavy atom. The van der Waals surface area contributed by atoms with E-state index in [1.54, 1.807) is 18.2 Å². The molecule has 1 N–H and O–H groups in total. The van der Waals surface area contributed by atoms with Crippen molar-refractivity contribution in [2.75, 3.05) is 18.7 Å². The highest BCUT2D eigenvalue weighted by Gasteiger charge is 2.15. The fourth-order valence-corrected chi connectivity index (χ4v) is 2.09. The number of anilines is 1. The summed E-state index contributed by atoms with van der Waals surface area (Å²) in [5.74, 6) is 0.0303. The van der Waals surface area contributed by atoms with E-state index in [4.69, 9.17) is 25.8 Å². The molecule has 1 amide bonds. The number of hydrogen-bond donors (Lipinski definition) is 1. The maximum atomic E-state index is 11.8. The second-order valence-electron chi connectivity index (χ2n) is 4.56. The lowest BCUT2D eigenvalue weighted by Crippen LogP contribution is -2.20. The zero-order valence-electron chi connectivity index (χ0n) is 11.7. The van der Waals surface area contributed by atoms with E-state index in [9.17, 15) is 9.59 Å². The van der Waals surface area contributed by atoms with E-state index in [-0.39, 0.29) is 17.5 Å². The molecule has 23 heavy (non-hydrogen) atoms. The number of amides is 1. The molecule has 7 nitrogen and oxygen atoms in total. The van der Waals surface area contributed by atoms with Crippen LogP contribution in [0, 0.1) is 0 Å². The van der Waals surface area contributed by atoms with Crippen LogP contribution in [0.2, 0.25) is 5.15 Å². The number of rotatable bonds is 4. The van der Waals surface area contributed by atoms with Gasteiger partial charge >= 0.3 is 5.97 Å². The number of carbonyl (C=O) groups excluding carboxylic acids is 2. The standard InChI is InChI=1S/C15H11ClN2O5/c16-13-5-9(3-4-17-13)15(20)21-7-14(19)18-10-1-2-11-12(6-10)23-8-22-11/h1-6H,7-8H2,(H,18,19). The van der Waals surface area contributed by atoms with E-state index < -0.39 is 18.5 Å². The van der Waals surface area contributed by atoms with Gasteiger partial charge in [-0.15, -0.1) is 0 Å². The van der Waals surface area contributed by atoms with Crippen molar-refractivity contribution in [1.29, 1.82) is 0 Å². The Labute approximate surface area is 136 Å². The SMILES string of the molecule is O=C(COC(=O)c1ccnc(Cl)c1)Nc1ccc2c(c1)OCO2. The molecule has 1 aliphatic heterocycles. The van der Waals surface area contributed by atoms with Crippen LogP contribution >= 0.6 is 11.6 Å². The van der Waals surface area contributed by atoms with Crippen LogP contribution in [0.5, 0.6) is 11.5 Å². The number of ether oxygens (including phenoxy) is 3. The molecule has 0 atom stereocenters. The second kappa shape index (κ2) is 6.53. The molecule has 1 aliphatic rings. The van der Waals surface area contributed by atoms with Crippen molar-refractivity contribution >= 4 is 29.2 Å². The van der Waals surface area contributed by atoms with Gasteiger partial charge < -0.3 is 19.5 Å². The van der Waals surface area contributed by atoms with Gasteiger partial charge in [-0.2, -0.15) is 0 Å². The Balaban J connectivity index is 1.54. The zero-order valence-corrected chi connectivity index (χ0v) is 12.5. The second-order valence-corrected chi connectivity index (χ2v) is 4.95. The summed E-state index contributed by atoms with van der Waals surface area (Å²) in [6, 6.07) is 7.78. The lowest BCUT2D eigenvalue weighted by atomic mass is 10.2. The largest absolute Gasteiger partial charge is 0.454 e. The van der Waals surface area contributed by atoms with E-state index >= 15 is 0 Å². The average Bonchev–Trinajstić information content (AvgIpc) is 3.00. The Morgan fingerprint density at radius 3 is 2.87 bits per heavy atom. The first kappa shape index (κ1) is 15.1. The Kier molecular flexibility index (Phi) is 4.29. The minimum Gasteiger partial charge on any atom is -0.454 e. The predicted octanol–water partition coefficient (Wildman–Crippen LogP) is 2.26. The highest BCUT2D eigenvalue weighted by atomic mass is 35.5. The maximum Gasteiger partial charge on any atom is 0.338 e. The van der Waals surface area contributed by atoms with Gasteiger partial charge in [0.2, 0.25) is 6.79 Å². The van der Waals surface area contributed by atoms with Gasteiger partial charge in [0.1, 0.15) is 5.15 Å². The number of nitrogens with zero attached hydrogens (tertiary/aromatic N) is 1. The van der Waals surface area contributed by atoms with Crippen molar-refractivity contribution in [2.45, 2.75) is 0 Å². The molecule has 0 radical (unpaired) electrons. The molecule has 0 fully saturated rings. The summed E-state index contributed by atoms with van der Waals surface area (Å²) in [5, 5.41) is 2.77. The van der Waals surface area contributed by atoms with Gasteiger partial charge in [-0.1, -0.05) is 11.6 Å². The van der Waals surface area contributed by atoms with Crippen molar-refractivity contribution in [2.24, 2.45) is 0 Å². The van der Waals surface area contributed by atoms with E-state index in [1.807, 2.05) is 0 Å². The number of carbonyl (C=O) groups is 2. The minimum absolute atomic E-state index is 0.152. The van der Waals surface area contributed by atoms with Gasteiger partial charge in [0.15, 0.2) is 18.1 Å². The number of benzene rings is 1. The molecule has 0 saturated carbocycles. The van der Waals surface area contributed by atoms with Gasteiger partial charge in [0.05, 0.1) is 5.56 Å². The van der Waals surface area contributed by atoms with Crippen LogP contribution in [0.3, 0.4) is 0 Å². The Bertz CT molecular complexity index is 765. The number of hydrogen-bond acceptors (Lipinski definition) is 6. The average molecular weight is 335 g/mol. The lowest BCUT2D eigenvalue weighted by molar-refractivity contribution is -0.119. The zero-order chi connectivity index (χ0) is 16.2. The molecular weight excluding hydrogens is 324 g/mol. The number of fused-ring (bicyclic) bond motifs is 1. The van der Waals surface area contributed by atoms with Crippen molar-refractivity contribution in [3.05, 3.63) is 47.2 Å². The van der Waals surface area contributed by atoms with Crippen molar-refractivity contribution in [1.82, 2.24) is 4.98 Å². The van der Waals surface area contributed by atoms with E-state index in [1.165, 1.54) is 18.3 Å². The number of pyridine rings is 1. The summed E-state index contributed by atoms with van der Waals surface area (Å²) in [6.07, 6.45) is 1.38. The summed E-state index contributed by atoms with van der Waals surface area (Å²) in [7, 11) is 0. The first-order valence-electron chi connectivity index (χ1n) is 6.60. The number of esters is 1. The van der Waals surface area contributed by atoms with Crippen LogP contribution in [-0.2, 0) is 9.53 Å². The smallest absolute Gasteiger partial charge is 0.338 e. The monoisotopic (exact) mass is 334 g/mol. The molecule has 1 aromatic heterocycles. The molecule has 1 aromatic carbocycles. The predicted molar refractivity (Wildman–Crippen MR) is 80.7 cm³/mol. The van der Waals surface area contributed by atoms with E-state index in [0.29, 0.717) is 17.2 Å². The summed E-state index contributed by atoms with van der Waals surface area (Å²) < 4.78 is 15.3. The molecule has 2 aromatic rings. The molecule has 3 rings (SSSR count). The number of aromatic nitrogens is 1. The Hall–Kier alpha value is -2.80. The first-order chi connectivity index (χ1) is 11.1. The molecule has 0 unspecified atom stereocenters. The third-order valence-corrected chi connectivity index (χ3v) is 3.16. The fraction of sp³-hybridized carbons (Fsp3) is 0.133. The molecule has 0 bridgehead atoms. The summed E-state index contributed by atoms with van der Waals surface area (Å²) in [6.45, 7) is -0.272. The molecule has 8 heteroatoms. The normalized spacial score (nSPS) is 11.9. The van der Waals surface area contributed by atoms with Crippen LogP contribution in [-0.4, -0.2) is 30.3 Å².